The van der Waals surface area contributed by atoms with Crippen LogP contribution in [0.5, 0.6) is 0 Å². The summed E-state index contributed by atoms with van der Waals surface area (Å²) in [6.07, 6.45) is 2.46. The quantitative estimate of drug-likeness (QED) is 0.828. The average molecular weight is 256 g/mol. The number of amides is 1. The number of carbonyl (C=O) groups is 1. The minimum absolute atomic E-state index is 0.0650. The molecule has 0 aromatic rings. The fraction of sp³-hybridized carbons (Fsp3) is 0.929. The Morgan fingerprint density at radius 2 is 2.11 bits per heavy atom. The molecular weight excluding hydrogens is 228 g/mol. The third-order valence-electron chi connectivity index (χ3n) is 4.22. The lowest BCUT2D eigenvalue weighted by atomic mass is 9.95. The topological polar surface area (TPSA) is 43.8 Å². The molecule has 18 heavy (non-hydrogen) atoms. The smallest absolute Gasteiger partial charge is 0.240 e. The molecule has 0 saturated carbocycles. The van der Waals surface area contributed by atoms with Crippen LogP contribution in [0.2, 0.25) is 0 Å². The Morgan fingerprint density at radius 1 is 1.50 bits per heavy atom. The summed E-state index contributed by atoms with van der Waals surface area (Å²) in [5, 5.41) is 9.16. The molecule has 0 aromatic carbocycles. The predicted octanol–water partition coefficient (Wildman–Crippen LogP) is 1.48. The summed E-state index contributed by atoms with van der Waals surface area (Å²) in [4.78, 5) is 16.9. The van der Waals surface area contributed by atoms with Gasteiger partial charge in [-0.3, -0.25) is 9.69 Å². The molecule has 0 aliphatic carbocycles. The van der Waals surface area contributed by atoms with Gasteiger partial charge in [0, 0.05) is 24.7 Å². The summed E-state index contributed by atoms with van der Waals surface area (Å²) in [6, 6.07) is 0.0750. The molecule has 1 saturated heterocycles. The second kappa shape index (κ2) is 6.02. The van der Waals surface area contributed by atoms with E-state index >= 15 is 0 Å². The van der Waals surface area contributed by atoms with Crippen molar-refractivity contribution in [1.29, 1.82) is 0 Å². The fourth-order valence-corrected chi connectivity index (χ4v) is 2.84. The first-order valence-electron chi connectivity index (χ1n) is 6.99. The third kappa shape index (κ3) is 3.04. The van der Waals surface area contributed by atoms with Crippen LogP contribution in [-0.4, -0.2) is 58.6 Å². The minimum Gasteiger partial charge on any atom is -0.396 e. The molecule has 0 bridgehead atoms. The Hall–Kier alpha value is -0.610. The molecule has 1 aliphatic rings. The lowest BCUT2D eigenvalue weighted by molar-refractivity contribution is -0.142. The highest BCUT2D eigenvalue weighted by molar-refractivity contribution is 5.83. The van der Waals surface area contributed by atoms with Crippen LogP contribution in [0.3, 0.4) is 0 Å². The van der Waals surface area contributed by atoms with Gasteiger partial charge in [-0.2, -0.15) is 0 Å². The van der Waals surface area contributed by atoms with Crippen LogP contribution in [-0.2, 0) is 4.79 Å². The maximum atomic E-state index is 12.7. The van der Waals surface area contributed by atoms with Gasteiger partial charge in [0.15, 0.2) is 0 Å². The van der Waals surface area contributed by atoms with Gasteiger partial charge >= 0.3 is 0 Å². The Morgan fingerprint density at radius 3 is 2.61 bits per heavy atom. The molecule has 2 unspecified atom stereocenters. The third-order valence-corrected chi connectivity index (χ3v) is 4.22. The lowest BCUT2D eigenvalue weighted by Gasteiger charge is -2.42. The number of carbonyl (C=O) groups excluding carboxylic acids is 1. The summed E-state index contributed by atoms with van der Waals surface area (Å²) in [5.74, 6) is 0.170. The highest BCUT2D eigenvalue weighted by atomic mass is 16.3. The first-order valence-corrected chi connectivity index (χ1v) is 6.99. The van der Waals surface area contributed by atoms with Gasteiger partial charge in [0.25, 0.3) is 0 Å². The number of aliphatic hydroxyl groups excluding tert-OH is 1. The van der Waals surface area contributed by atoms with Crippen LogP contribution in [0.15, 0.2) is 0 Å². The van der Waals surface area contributed by atoms with E-state index < -0.39 is 0 Å². The van der Waals surface area contributed by atoms with E-state index in [2.05, 4.69) is 32.6 Å². The molecule has 1 amide bonds. The first kappa shape index (κ1) is 15.4. The fourth-order valence-electron chi connectivity index (χ4n) is 2.84. The molecule has 1 heterocycles. The van der Waals surface area contributed by atoms with Gasteiger partial charge < -0.3 is 10.0 Å². The zero-order valence-electron chi connectivity index (χ0n) is 12.4. The number of likely N-dealkylation sites (N-methyl/N-ethyl adjacent to an activating group) is 1. The van der Waals surface area contributed by atoms with Crippen LogP contribution < -0.4 is 0 Å². The summed E-state index contributed by atoms with van der Waals surface area (Å²) in [5.41, 5.74) is -0.106. The van der Waals surface area contributed by atoms with Gasteiger partial charge in [0.1, 0.15) is 0 Å². The van der Waals surface area contributed by atoms with Crippen molar-refractivity contribution in [2.45, 2.75) is 64.6 Å². The summed E-state index contributed by atoms with van der Waals surface area (Å²) < 4.78 is 0. The zero-order valence-corrected chi connectivity index (χ0v) is 12.4. The number of hydrogen-bond acceptors (Lipinski definition) is 3. The van der Waals surface area contributed by atoms with Gasteiger partial charge in [-0.05, 0) is 47.1 Å². The van der Waals surface area contributed by atoms with E-state index in [1.165, 1.54) is 0 Å². The lowest BCUT2D eigenvalue weighted by Crippen LogP contribution is -2.55. The van der Waals surface area contributed by atoms with Gasteiger partial charge in [0.05, 0.1) is 6.04 Å². The van der Waals surface area contributed by atoms with Crippen LogP contribution >= 0.6 is 0 Å². The van der Waals surface area contributed by atoms with E-state index in [0.29, 0.717) is 6.42 Å². The van der Waals surface area contributed by atoms with E-state index in [1.807, 2.05) is 11.9 Å². The van der Waals surface area contributed by atoms with Crippen LogP contribution in [0.1, 0.15) is 47.0 Å². The molecule has 1 fully saturated rings. The zero-order chi connectivity index (χ0) is 13.9. The van der Waals surface area contributed by atoms with Gasteiger partial charge in [-0.25, -0.2) is 0 Å². The highest BCUT2D eigenvalue weighted by Gasteiger charge is 2.41. The second-order valence-electron chi connectivity index (χ2n) is 6.04. The first-order chi connectivity index (χ1) is 8.35. The summed E-state index contributed by atoms with van der Waals surface area (Å²) in [6.45, 7) is 9.48. The Kier molecular flexibility index (Phi) is 5.17. The second-order valence-corrected chi connectivity index (χ2v) is 6.04. The van der Waals surface area contributed by atoms with Crippen molar-refractivity contribution in [3.63, 3.8) is 0 Å². The molecule has 0 radical (unpaired) electrons. The molecule has 0 spiro atoms. The SMILES string of the molecule is CCC(C)N1C(=O)C(CCO)N(C)CCC1(C)C. The van der Waals surface area contributed by atoms with Gasteiger partial charge in [-0.15, -0.1) is 0 Å². The van der Waals surface area contributed by atoms with E-state index in [1.54, 1.807) is 0 Å². The van der Waals surface area contributed by atoms with Crippen molar-refractivity contribution in [1.82, 2.24) is 9.80 Å². The van der Waals surface area contributed by atoms with Crippen molar-refractivity contribution in [3.8, 4) is 0 Å². The molecule has 106 valence electrons. The number of aliphatic hydroxyl groups is 1. The van der Waals surface area contributed by atoms with Crippen LogP contribution in [0, 0.1) is 0 Å². The Bertz CT molecular complexity index is 292. The number of rotatable bonds is 4. The van der Waals surface area contributed by atoms with E-state index in [-0.39, 0.29) is 30.1 Å². The molecule has 1 N–H and O–H groups in total. The normalized spacial score (nSPS) is 27.1. The summed E-state index contributed by atoms with van der Waals surface area (Å²) >= 11 is 0. The minimum atomic E-state index is -0.175. The van der Waals surface area contributed by atoms with Crippen LogP contribution in [0.4, 0.5) is 0 Å². The van der Waals surface area contributed by atoms with E-state index in [9.17, 15) is 4.79 Å². The number of nitrogens with zero attached hydrogens (tertiary/aromatic N) is 2. The molecule has 1 aliphatic heterocycles. The van der Waals surface area contributed by atoms with E-state index in [4.69, 9.17) is 5.11 Å². The van der Waals surface area contributed by atoms with Gasteiger partial charge in [0.2, 0.25) is 5.91 Å². The molecule has 4 nitrogen and oxygen atoms in total. The largest absolute Gasteiger partial charge is 0.396 e. The number of hydrogen-bond donors (Lipinski definition) is 1. The van der Waals surface area contributed by atoms with Gasteiger partial charge in [-0.1, -0.05) is 6.92 Å². The standard InChI is InChI=1S/C14H28N2O2/c1-6-11(2)16-13(18)12(7-10-17)15(5)9-8-14(16,3)4/h11-12,17H,6-10H2,1-5H3. The molecule has 0 aromatic heterocycles. The Balaban J connectivity index is 3.04. The molecule has 2 atom stereocenters. The Labute approximate surface area is 111 Å². The predicted molar refractivity (Wildman–Crippen MR) is 73.4 cm³/mol. The molecule has 1 rings (SSSR count). The van der Waals surface area contributed by atoms with Crippen molar-refractivity contribution in [2.24, 2.45) is 0 Å². The van der Waals surface area contributed by atoms with Crippen molar-refractivity contribution in [2.75, 3.05) is 20.2 Å². The maximum absolute atomic E-state index is 12.7. The van der Waals surface area contributed by atoms with Crippen molar-refractivity contribution < 1.29 is 9.90 Å². The molecule has 4 heteroatoms. The maximum Gasteiger partial charge on any atom is 0.240 e. The van der Waals surface area contributed by atoms with Crippen LogP contribution in [0.25, 0.3) is 0 Å². The average Bonchev–Trinajstić information content (AvgIpc) is 2.39. The molecular formula is C14H28N2O2. The van der Waals surface area contributed by atoms with Crippen molar-refractivity contribution in [3.05, 3.63) is 0 Å². The van der Waals surface area contributed by atoms with Crippen molar-refractivity contribution >= 4 is 5.91 Å². The van der Waals surface area contributed by atoms with E-state index in [0.717, 1.165) is 19.4 Å². The summed E-state index contributed by atoms with van der Waals surface area (Å²) in [7, 11) is 1.98. The monoisotopic (exact) mass is 256 g/mol. The highest BCUT2D eigenvalue weighted by Crippen LogP contribution is 2.29.